The highest BCUT2D eigenvalue weighted by Crippen LogP contribution is 2.45. The summed E-state index contributed by atoms with van der Waals surface area (Å²) in [4.78, 5) is 6.70. The van der Waals surface area contributed by atoms with E-state index in [0.29, 0.717) is 17.5 Å². The van der Waals surface area contributed by atoms with Gasteiger partial charge >= 0.3 is 0 Å². The topological polar surface area (TPSA) is 60.8 Å². The molecule has 3 heterocycles. The fraction of sp³-hybridized carbons (Fsp3) is 0.304. The highest BCUT2D eigenvalue weighted by molar-refractivity contribution is 7.80. The summed E-state index contributed by atoms with van der Waals surface area (Å²) < 4.78 is 18.7. The Hall–Kier alpha value is -3.10. The monoisotopic (exact) mass is 438 g/mol. The van der Waals surface area contributed by atoms with Gasteiger partial charge in [0.2, 0.25) is 0 Å². The largest absolute Gasteiger partial charge is 0.497 e. The molecule has 0 aliphatic carbocycles. The van der Waals surface area contributed by atoms with Crippen molar-refractivity contribution in [3.05, 3.63) is 72.3 Å². The van der Waals surface area contributed by atoms with Gasteiger partial charge in [-0.05, 0) is 48.6 Å². The van der Waals surface area contributed by atoms with E-state index >= 15 is 0 Å². The fourth-order valence-corrected chi connectivity index (χ4v) is 4.33. The lowest BCUT2D eigenvalue weighted by Gasteiger charge is -2.30. The van der Waals surface area contributed by atoms with Crippen LogP contribution in [0.2, 0.25) is 0 Å². The molecule has 0 unspecified atom stereocenters. The number of methoxy groups -OCH3 is 3. The zero-order valence-corrected chi connectivity index (χ0v) is 18.6. The Labute approximate surface area is 187 Å². The van der Waals surface area contributed by atoms with Gasteiger partial charge in [-0.25, -0.2) is 0 Å². The van der Waals surface area contributed by atoms with Gasteiger partial charge in [0.05, 0.1) is 38.2 Å². The summed E-state index contributed by atoms with van der Waals surface area (Å²) in [6.07, 6.45) is 3.86. The van der Waals surface area contributed by atoms with Crippen molar-refractivity contribution in [2.24, 2.45) is 0 Å². The lowest BCUT2D eigenvalue weighted by molar-refractivity contribution is 0.186. The number of thiocarbonyl (C=S) groups is 1. The van der Waals surface area contributed by atoms with Gasteiger partial charge in [-0.3, -0.25) is 4.98 Å². The molecule has 1 N–H and O–H groups in total. The molecule has 2 aromatic heterocycles. The lowest BCUT2D eigenvalue weighted by atomic mass is 10.0. The van der Waals surface area contributed by atoms with Crippen molar-refractivity contribution in [2.75, 3.05) is 32.8 Å². The molecule has 0 saturated carbocycles. The predicted octanol–water partition coefficient (Wildman–Crippen LogP) is 3.72. The van der Waals surface area contributed by atoms with Gasteiger partial charge in [0.1, 0.15) is 17.5 Å². The third-order valence-corrected chi connectivity index (χ3v) is 5.76. The van der Waals surface area contributed by atoms with Crippen LogP contribution in [-0.4, -0.2) is 42.6 Å². The molecule has 1 aliphatic rings. The smallest absolute Gasteiger partial charge is 0.174 e. The molecule has 3 aromatic rings. The van der Waals surface area contributed by atoms with Crippen LogP contribution in [0.3, 0.4) is 0 Å². The third kappa shape index (κ3) is 4.08. The number of rotatable bonds is 8. The molecule has 1 aromatic carbocycles. The SMILES string of the molecule is COCCn1cccc1[C@@H]1[C@H](c2ccccn2)NC(=S)N1c1cc(OC)ccc1OC. The van der Waals surface area contributed by atoms with Crippen LogP contribution in [0.1, 0.15) is 23.5 Å². The summed E-state index contributed by atoms with van der Waals surface area (Å²) in [5.41, 5.74) is 2.85. The normalized spacial score (nSPS) is 18.2. The second-order valence-corrected chi connectivity index (χ2v) is 7.54. The quantitative estimate of drug-likeness (QED) is 0.538. The van der Waals surface area contributed by atoms with Gasteiger partial charge in [0.15, 0.2) is 5.11 Å². The molecule has 162 valence electrons. The molecule has 1 saturated heterocycles. The maximum atomic E-state index is 5.83. The summed E-state index contributed by atoms with van der Waals surface area (Å²) in [6.45, 7) is 1.35. The molecule has 0 amide bonds. The highest BCUT2D eigenvalue weighted by Gasteiger charge is 2.43. The molecule has 8 heteroatoms. The summed E-state index contributed by atoms with van der Waals surface area (Å²) >= 11 is 5.83. The van der Waals surface area contributed by atoms with E-state index in [1.807, 2.05) is 42.5 Å². The third-order valence-electron chi connectivity index (χ3n) is 5.45. The Balaban J connectivity index is 1.86. The summed E-state index contributed by atoms with van der Waals surface area (Å²) in [6, 6.07) is 15.5. The van der Waals surface area contributed by atoms with Crippen molar-refractivity contribution in [1.29, 1.82) is 0 Å². The van der Waals surface area contributed by atoms with Gasteiger partial charge in [0.25, 0.3) is 0 Å². The molecular weight excluding hydrogens is 412 g/mol. The number of ether oxygens (including phenoxy) is 3. The second-order valence-electron chi connectivity index (χ2n) is 7.15. The molecule has 0 spiro atoms. The zero-order valence-electron chi connectivity index (χ0n) is 17.8. The summed E-state index contributed by atoms with van der Waals surface area (Å²) in [5, 5.41) is 4.09. The van der Waals surface area contributed by atoms with E-state index in [0.717, 1.165) is 29.4 Å². The number of nitrogens with zero attached hydrogens (tertiary/aromatic N) is 3. The average molecular weight is 439 g/mol. The van der Waals surface area contributed by atoms with Crippen LogP contribution in [0.5, 0.6) is 11.5 Å². The number of pyridine rings is 1. The number of hydrogen-bond donors (Lipinski definition) is 1. The minimum Gasteiger partial charge on any atom is -0.497 e. The van der Waals surface area contributed by atoms with E-state index in [4.69, 9.17) is 26.4 Å². The first-order chi connectivity index (χ1) is 15.2. The van der Waals surface area contributed by atoms with Crippen molar-refractivity contribution in [3.8, 4) is 11.5 Å². The molecule has 2 atom stereocenters. The number of benzene rings is 1. The molecule has 0 radical (unpaired) electrons. The first kappa shape index (κ1) is 21.1. The Bertz CT molecular complexity index is 1040. The van der Waals surface area contributed by atoms with Crippen molar-refractivity contribution in [1.82, 2.24) is 14.9 Å². The molecule has 4 rings (SSSR count). The van der Waals surface area contributed by atoms with E-state index in [2.05, 4.69) is 32.0 Å². The van der Waals surface area contributed by atoms with E-state index in [9.17, 15) is 0 Å². The maximum Gasteiger partial charge on any atom is 0.174 e. The molecule has 7 nitrogen and oxygen atoms in total. The Morgan fingerprint density at radius 3 is 2.65 bits per heavy atom. The van der Waals surface area contributed by atoms with E-state index in [-0.39, 0.29) is 12.1 Å². The molecule has 1 fully saturated rings. The molecule has 31 heavy (non-hydrogen) atoms. The van der Waals surface area contributed by atoms with Gasteiger partial charge in [0, 0.05) is 37.8 Å². The van der Waals surface area contributed by atoms with Gasteiger partial charge in [-0.15, -0.1) is 0 Å². The van der Waals surface area contributed by atoms with E-state index in [1.165, 1.54) is 0 Å². The van der Waals surface area contributed by atoms with Crippen LogP contribution in [0, 0.1) is 0 Å². The van der Waals surface area contributed by atoms with Crippen molar-refractivity contribution < 1.29 is 14.2 Å². The Morgan fingerprint density at radius 2 is 1.94 bits per heavy atom. The minimum atomic E-state index is -0.143. The van der Waals surface area contributed by atoms with Gasteiger partial charge in [-0.2, -0.15) is 0 Å². The molecule has 0 bridgehead atoms. The Kier molecular flexibility index (Phi) is 6.39. The predicted molar refractivity (Wildman–Crippen MR) is 124 cm³/mol. The first-order valence-corrected chi connectivity index (χ1v) is 10.5. The van der Waals surface area contributed by atoms with Crippen LogP contribution >= 0.6 is 12.2 Å². The number of hydrogen-bond acceptors (Lipinski definition) is 5. The van der Waals surface area contributed by atoms with Gasteiger partial charge < -0.3 is 29.0 Å². The fourth-order valence-electron chi connectivity index (χ4n) is 3.99. The van der Waals surface area contributed by atoms with E-state index in [1.54, 1.807) is 27.5 Å². The van der Waals surface area contributed by atoms with Crippen LogP contribution in [0.25, 0.3) is 0 Å². The molecule has 1 aliphatic heterocycles. The van der Waals surface area contributed by atoms with Crippen LogP contribution < -0.4 is 19.7 Å². The zero-order chi connectivity index (χ0) is 21.8. The highest BCUT2D eigenvalue weighted by atomic mass is 32.1. The van der Waals surface area contributed by atoms with Crippen LogP contribution in [0.15, 0.2) is 60.9 Å². The van der Waals surface area contributed by atoms with Crippen molar-refractivity contribution in [3.63, 3.8) is 0 Å². The number of anilines is 1. The van der Waals surface area contributed by atoms with Gasteiger partial charge in [-0.1, -0.05) is 6.07 Å². The van der Waals surface area contributed by atoms with Crippen molar-refractivity contribution >= 4 is 23.0 Å². The molecular formula is C23H26N4O3S. The van der Waals surface area contributed by atoms with E-state index < -0.39 is 0 Å². The number of nitrogens with one attached hydrogen (secondary N) is 1. The first-order valence-electron chi connectivity index (χ1n) is 10.0. The summed E-state index contributed by atoms with van der Waals surface area (Å²) in [7, 11) is 5.01. The second kappa shape index (κ2) is 9.36. The van der Waals surface area contributed by atoms with Crippen molar-refractivity contribution in [2.45, 2.75) is 18.6 Å². The lowest BCUT2D eigenvalue weighted by Crippen LogP contribution is -2.31. The minimum absolute atomic E-state index is 0.138. The standard InChI is InChI=1S/C23H26N4O3S/c1-28-14-13-26-12-6-8-18(26)22-21(17-7-4-5-11-24-17)25-23(31)27(22)19-15-16(29-2)9-10-20(19)30-3/h4-12,15,21-22H,13-14H2,1-3H3,(H,25,31)/t21-,22+/m0/s1. The van der Waals surface area contributed by atoms with Crippen LogP contribution in [0.4, 0.5) is 5.69 Å². The van der Waals surface area contributed by atoms with Crippen LogP contribution in [-0.2, 0) is 11.3 Å². The Morgan fingerprint density at radius 1 is 1.06 bits per heavy atom. The average Bonchev–Trinajstić information content (AvgIpc) is 3.41. The summed E-state index contributed by atoms with van der Waals surface area (Å²) in [5.74, 6) is 1.44. The maximum absolute atomic E-state index is 5.83. The number of aromatic nitrogens is 2.